The van der Waals surface area contributed by atoms with Crippen molar-refractivity contribution in [2.75, 3.05) is 13.7 Å². The lowest BCUT2D eigenvalue weighted by atomic mass is 10.0. The maximum atomic E-state index is 12.9. The van der Waals surface area contributed by atoms with Crippen molar-refractivity contribution in [1.82, 2.24) is 19.4 Å². The van der Waals surface area contributed by atoms with Crippen LogP contribution in [0.3, 0.4) is 0 Å². The highest BCUT2D eigenvalue weighted by atomic mass is 79.9. The molecule has 4 rings (SSSR count). The third kappa shape index (κ3) is 4.20. The number of nitrogens with zero attached hydrogens (tertiary/aromatic N) is 4. The fourth-order valence-corrected chi connectivity index (χ4v) is 4.78. The molecule has 32 heavy (non-hydrogen) atoms. The number of aromatic nitrogens is 3. The number of likely N-dealkylation sites (tertiary alicyclic amines) is 1. The van der Waals surface area contributed by atoms with Crippen molar-refractivity contribution in [3.63, 3.8) is 0 Å². The Morgan fingerprint density at radius 1 is 1.22 bits per heavy atom. The fraction of sp³-hybridized carbons (Fsp3) is 0.458. The molecule has 1 aliphatic rings. The molecular formula is C24H29BrN4O3. The molecule has 0 N–H and O–H groups in total. The predicted octanol–water partition coefficient (Wildman–Crippen LogP) is 4.68. The Kier molecular flexibility index (Phi) is 6.42. The maximum Gasteiger partial charge on any atom is 0.241 e. The van der Waals surface area contributed by atoms with E-state index in [1.807, 2.05) is 53.8 Å². The first-order chi connectivity index (χ1) is 15.3. The fourth-order valence-electron chi connectivity index (χ4n) is 4.40. The number of benzene rings is 1. The predicted molar refractivity (Wildman–Crippen MR) is 127 cm³/mol. The molecule has 0 bridgehead atoms. The van der Waals surface area contributed by atoms with Crippen LogP contribution < -0.4 is 9.47 Å². The second-order valence-electron chi connectivity index (χ2n) is 8.34. The van der Waals surface area contributed by atoms with Crippen LogP contribution in [0.4, 0.5) is 0 Å². The van der Waals surface area contributed by atoms with Crippen LogP contribution >= 0.6 is 15.9 Å². The second-order valence-corrected chi connectivity index (χ2v) is 9.15. The zero-order chi connectivity index (χ0) is 23.0. The van der Waals surface area contributed by atoms with Gasteiger partial charge in [0.05, 0.1) is 18.7 Å². The molecule has 170 valence electrons. The number of amides is 1. The second kappa shape index (κ2) is 9.10. The summed E-state index contributed by atoms with van der Waals surface area (Å²) in [4.78, 5) is 24.1. The minimum absolute atomic E-state index is 0.00880. The maximum absolute atomic E-state index is 12.9. The van der Waals surface area contributed by atoms with Crippen LogP contribution in [0.1, 0.15) is 44.6 Å². The van der Waals surface area contributed by atoms with E-state index in [0.29, 0.717) is 23.4 Å². The molecule has 0 radical (unpaired) electrons. The average molecular weight is 501 g/mol. The van der Waals surface area contributed by atoms with E-state index in [0.717, 1.165) is 34.6 Å². The number of rotatable bonds is 7. The SMILES string of the molecule is CCc1nc2cc(Br)nc(O[C@H](C)[C@@H]3CC(=O)N([C@@H](C)c4ccc(OC)cc4)C3)c2n1C. The van der Waals surface area contributed by atoms with Crippen molar-refractivity contribution in [2.45, 2.75) is 45.8 Å². The van der Waals surface area contributed by atoms with Crippen LogP contribution in [0, 0.1) is 5.92 Å². The summed E-state index contributed by atoms with van der Waals surface area (Å²) in [6.45, 7) is 6.81. The van der Waals surface area contributed by atoms with E-state index in [1.54, 1.807) is 7.11 Å². The lowest BCUT2D eigenvalue weighted by Crippen LogP contribution is -2.31. The molecule has 8 heteroatoms. The number of hydrogen-bond donors (Lipinski definition) is 0. The van der Waals surface area contributed by atoms with Crippen molar-refractivity contribution >= 4 is 32.9 Å². The Balaban J connectivity index is 1.52. The Bertz CT molecular complexity index is 1130. The van der Waals surface area contributed by atoms with Gasteiger partial charge >= 0.3 is 0 Å². The van der Waals surface area contributed by atoms with Crippen molar-refractivity contribution in [3.05, 3.63) is 46.3 Å². The number of carbonyl (C=O) groups excluding carboxylic acids is 1. The minimum Gasteiger partial charge on any atom is -0.497 e. The van der Waals surface area contributed by atoms with E-state index in [2.05, 4.69) is 34.8 Å². The Morgan fingerprint density at radius 3 is 2.59 bits per heavy atom. The standard InChI is InChI=1S/C24H29BrN4O3/c1-6-21-26-19-12-20(25)27-24(23(19)28(21)4)32-15(3)17-11-22(30)29(13-17)14(2)16-7-9-18(31-5)10-8-16/h7-10,12,14-15,17H,6,11,13H2,1-5H3/t14-,15+,17+/m0/s1. The lowest BCUT2D eigenvalue weighted by Gasteiger charge is -2.26. The summed E-state index contributed by atoms with van der Waals surface area (Å²) in [6, 6.07) is 9.78. The molecule has 0 saturated carbocycles. The molecule has 3 aromatic rings. The topological polar surface area (TPSA) is 69.5 Å². The molecule has 1 fully saturated rings. The van der Waals surface area contributed by atoms with Gasteiger partial charge in [0.1, 0.15) is 27.8 Å². The van der Waals surface area contributed by atoms with E-state index < -0.39 is 0 Å². The van der Waals surface area contributed by atoms with Gasteiger partial charge in [0.15, 0.2) is 0 Å². The number of halogens is 1. The van der Waals surface area contributed by atoms with Gasteiger partial charge in [-0.25, -0.2) is 9.97 Å². The first-order valence-electron chi connectivity index (χ1n) is 10.9. The summed E-state index contributed by atoms with van der Waals surface area (Å²) in [7, 11) is 3.63. The summed E-state index contributed by atoms with van der Waals surface area (Å²) < 4.78 is 14.3. The first kappa shape index (κ1) is 22.6. The molecule has 7 nitrogen and oxygen atoms in total. The smallest absolute Gasteiger partial charge is 0.241 e. The number of aryl methyl sites for hydroxylation is 2. The minimum atomic E-state index is -0.169. The number of imidazole rings is 1. The van der Waals surface area contributed by atoms with Gasteiger partial charge in [0, 0.05) is 32.4 Å². The van der Waals surface area contributed by atoms with E-state index in [9.17, 15) is 4.79 Å². The first-order valence-corrected chi connectivity index (χ1v) is 11.7. The number of hydrogen-bond acceptors (Lipinski definition) is 5. The van der Waals surface area contributed by atoms with Crippen molar-refractivity contribution in [1.29, 1.82) is 0 Å². The molecule has 0 aliphatic carbocycles. The van der Waals surface area contributed by atoms with Gasteiger partial charge in [0.2, 0.25) is 11.8 Å². The highest BCUT2D eigenvalue weighted by Gasteiger charge is 2.37. The summed E-state index contributed by atoms with van der Waals surface area (Å²) in [5.74, 6) is 2.56. The normalized spacial score (nSPS) is 18.2. The Hall–Kier alpha value is -2.61. The summed E-state index contributed by atoms with van der Waals surface area (Å²) in [5.41, 5.74) is 2.82. The summed E-state index contributed by atoms with van der Waals surface area (Å²) in [5, 5.41) is 0. The molecule has 1 amide bonds. The van der Waals surface area contributed by atoms with Gasteiger partial charge in [-0.3, -0.25) is 4.79 Å². The van der Waals surface area contributed by atoms with Gasteiger partial charge in [-0.15, -0.1) is 0 Å². The van der Waals surface area contributed by atoms with Gasteiger partial charge in [0.25, 0.3) is 0 Å². The summed E-state index contributed by atoms with van der Waals surface area (Å²) >= 11 is 3.48. The van der Waals surface area contributed by atoms with Gasteiger partial charge in [-0.1, -0.05) is 19.1 Å². The van der Waals surface area contributed by atoms with E-state index in [1.165, 1.54) is 0 Å². The molecule has 2 aromatic heterocycles. The number of fused-ring (bicyclic) bond motifs is 1. The molecule has 0 spiro atoms. The number of carbonyl (C=O) groups is 1. The molecular weight excluding hydrogens is 472 g/mol. The van der Waals surface area contributed by atoms with Crippen LogP contribution in [-0.2, 0) is 18.3 Å². The molecule has 0 unspecified atom stereocenters. The van der Waals surface area contributed by atoms with Crippen LogP contribution in [0.2, 0.25) is 0 Å². The van der Waals surface area contributed by atoms with Crippen molar-refractivity contribution in [3.8, 4) is 11.6 Å². The Morgan fingerprint density at radius 2 is 1.94 bits per heavy atom. The zero-order valence-corrected chi connectivity index (χ0v) is 20.7. The number of methoxy groups -OCH3 is 1. The van der Waals surface area contributed by atoms with E-state index >= 15 is 0 Å². The highest BCUT2D eigenvalue weighted by molar-refractivity contribution is 9.10. The number of ether oxygens (including phenoxy) is 2. The van der Waals surface area contributed by atoms with E-state index in [-0.39, 0.29) is 24.0 Å². The molecule has 3 heterocycles. The van der Waals surface area contributed by atoms with Crippen LogP contribution in [0.5, 0.6) is 11.6 Å². The quantitative estimate of drug-likeness (QED) is 0.440. The van der Waals surface area contributed by atoms with Gasteiger partial charge in [-0.2, -0.15) is 0 Å². The molecule has 3 atom stereocenters. The zero-order valence-electron chi connectivity index (χ0n) is 19.1. The van der Waals surface area contributed by atoms with Gasteiger partial charge < -0.3 is 18.9 Å². The molecule has 1 aliphatic heterocycles. The molecule has 1 aromatic carbocycles. The van der Waals surface area contributed by atoms with Gasteiger partial charge in [-0.05, 0) is 53.5 Å². The average Bonchev–Trinajstić information content (AvgIpc) is 3.32. The third-order valence-corrected chi connectivity index (χ3v) is 6.82. The van der Waals surface area contributed by atoms with Crippen LogP contribution in [0.25, 0.3) is 11.0 Å². The Labute approximate surface area is 196 Å². The monoisotopic (exact) mass is 500 g/mol. The third-order valence-electron chi connectivity index (χ3n) is 6.41. The number of pyridine rings is 1. The van der Waals surface area contributed by atoms with Crippen molar-refractivity contribution < 1.29 is 14.3 Å². The summed E-state index contributed by atoms with van der Waals surface area (Å²) in [6.07, 6.45) is 1.12. The largest absolute Gasteiger partial charge is 0.497 e. The lowest BCUT2D eigenvalue weighted by molar-refractivity contribution is -0.129. The molecule has 1 saturated heterocycles. The van der Waals surface area contributed by atoms with Crippen molar-refractivity contribution in [2.24, 2.45) is 13.0 Å². The highest BCUT2D eigenvalue weighted by Crippen LogP contribution is 2.34. The van der Waals surface area contributed by atoms with Crippen LogP contribution in [0.15, 0.2) is 34.9 Å². The van der Waals surface area contributed by atoms with E-state index in [4.69, 9.17) is 14.5 Å². The van der Waals surface area contributed by atoms with Crippen LogP contribution in [-0.4, -0.2) is 45.1 Å².